The van der Waals surface area contributed by atoms with Crippen molar-refractivity contribution in [3.63, 3.8) is 0 Å². The van der Waals surface area contributed by atoms with Crippen LogP contribution in [-0.4, -0.2) is 49.5 Å². The zero-order chi connectivity index (χ0) is 26.9. The van der Waals surface area contributed by atoms with E-state index >= 15 is 0 Å². The second kappa shape index (κ2) is 10.2. The molecule has 4 aromatic rings. The molecule has 1 amide bonds. The lowest BCUT2D eigenvalue weighted by Crippen LogP contribution is -2.25. The summed E-state index contributed by atoms with van der Waals surface area (Å²) in [4.78, 5) is 30.3. The number of aromatic nitrogens is 3. The lowest BCUT2D eigenvalue weighted by Gasteiger charge is -2.22. The van der Waals surface area contributed by atoms with E-state index in [0.29, 0.717) is 48.1 Å². The van der Waals surface area contributed by atoms with Crippen LogP contribution in [0.3, 0.4) is 0 Å². The third kappa shape index (κ3) is 4.58. The van der Waals surface area contributed by atoms with Crippen LogP contribution in [0, 0.1) is 6.92 Å². The number of sulfone groups is 1. The van der Waals surface area contributed by atoms with Crippen molar-refractivity contribution in [1.29, 1.82) is 0 Å². The summed E-state index contributed by atoms with van der Waals surface area (Å²) >= 11 is 0. The van der Waals surface area contributed by atoms with Crippen LogP contribution >= 0.6 is 0 Å². The summed E-state index contributed by atoms with van der Waals surface area (Å²) < 4.78 is 31.8. The zero-order valence-electron chi connectivity index (χ0n) is 21.3. The molecule has 9 nitrogen and oxygen atoms in total. The second-order valence-corrected chi connectivity index (χ2v) is 10.8. The molecule has 4 heterocycles. The van der Waals surface area contributed by atoms with Crippen molar-refractivity contribution < 1.29 is 17.9 Å². The van der Waals surface area contributed by atoms with Gasteiger partial charge in [-0.15, -0.1) is 0 Å². The lowest BCUT2D eigenvalue weighted by molar-refractivity contribution is 0.0994. The number of hydrogen-bond acceptors (Lipinski definition) is 8. The smallest absolute Gasteiger partial charge is 0.261 e. The van der Waals surface area contributed by atoms with Crippen molar-refractivity contribution in [3.05, 3.63) is 90.0 Å². The van der Waals surface area contributed by atoms with E-state index in [9.17, 15) is 13.2 Å². The molecule has 0 unspecified atom stereocenters. The van der Waals surface area contributed by atoms with E-state index in [0.717, 1.165) is 11.3 Å². The highest BCUT2D eigenvalue weighted by atomic mass is 32.2. The van der Waals surface area contributed by atoms with Crippen molar-refractivity contribution in [3.8, 4) is 5.75 Å². The van der Waals surface area contributed by atoms with E-state index in [2.05, 4.69) is 15.0 Å². The Hall–Kier alpha value is -4.31. The van der Waals surface area contributed by atoms with Gasteiger partial charge in [0.2, 0.25) is 9.84 Å². The fraction of sp³-hybridized carbons (Fsp3) is 0.214. The monoisotopic (exact) mass is 529 g/mol. The number of amides is 1. The van der Waals surface area contributed by atoms with Gasteiger partial charge >= 0.3 is 0 Å². The Balaban J connectivity index is 1.32. The standard InChI is InChI=1S/C28H27N5O4S/c1-4-33-26-23(28(34)32(3)24-6-5-12-30-27(24)33)17-20(18-31-26)11-15-37-25-8-7-22(16-19(25)2)38(35,36)21-9-13-29-14-10-21/h5-10,12-14,16-18H,4,11,15H2,1-3H3. The zero-order valence-corrected chi connectivity index (χ0v) is 22.1. The molecule has 38 heavy (non-hydrogen) atoms. The van der Waals surface area contributed by atoms with Gasteiger partial charge in [-0.2, -0.15) is 0 Å². The first-order valence-corrected chi connectivity index (χ1v) is 13.7. The molecular weight excluding hydrogens is 502 g/mol. The molecule has 0 aliphatic carbocycles. The second-order valence-electron chi connectivity index (χ2n) is 8.88. The maximum Gasteiger partial charge on any atom is 0.261 e. The molecule has 0 saturated heterocycles. The Morgan fingerprint density at radius 2 is 1.74 bits per heavy atom. The predicted octanol–water partition coefficient (Wildman–Crippen LogP) is 4.38. The normalized spacial score (nSPS) is 13.1. The molecular formula is C28H27N5O4S. The van der Waals surface area contributed by atoms with Crippen LogP contribution in [0.5, 0.6) is 5.75 Å². The Bertz CT molecular complexity index is 1610. The van der Waals surface area contributed by atoms with Crippen LogP contribution in [0.25, 0.3) is 0 Å². The van der Waals surface area contributed by atoms with Crippen LogP contribution in [-0.2, 0) is 16.3 Å². The Morgan fingerprint density at radius 1 is 0.947 bits per heavy atom. The SMILES string of the molecule is CCN1c2ncc(CCOc3ccc(S(=O)(=O)c4ccncc4)cc3C)cc2C(=O)N(C)c2cccnc21. The van der Waals surface area contributed by atoms with Gasteiger partial charge in [-0.25, -0.2) is 18.4 Å². The first-order valence-electron chi connectivity index (χ1n) is 12.2. The largest absolute Gasteiger partial charge is 0.493 e. The summed E-state index contributed by atoms with van der Waals surface area (Å²) in [5, 5.41) is 0. The van der Waals surface area contributed by atoms with Gasteiger partial charge in [-0.3, -0.25) is 9.78 Å². The van der Waals surface area contributed by atoms with E-state index in [1.165, 1.54) is 24.5 Å². The lowest BCUT2D eigenvalue weighted by atomic mass is 10.1. The molecule has 0 radical (unpaired) electrons. The molecule has 0 bridgehead atoms. The summed E-state index contributed by atoms with van der Waals surface area (Å²) in [5.74, 6) is 1.71. The summed E-state index contributed by atoms with van der Waals surface area (Å²) in [6, 6.07) is 13.3. The minimum absolute atomic E-state index is 0.151. The van der Waals surface area contributed by atoms with Crippen molar-refractivity contribution in [1.82, 2.24) is 15.0 Å². The first kappa shape index (κ1) is 25.3. The maximum absolute atomic E-state index is 13.3. The molecule has 0 spiro atoms. The van der Waals surface area contributed by atoms with Crippen LogP contribution in [0.15, 0.2) is 83.1 Å². The van der Waals surface area contributed by atoms with Crippen molar-refractivity contribution in [2.45, 2.75) is 30.1 Å². The van der Waals surface area contributed by atoms with E-state index in [-0.39, 0.29) is 15.7 Å². The average molecular weight is 530 g/mol. The molecule has 0 saturated carbocycles. The van der Waals surface area contributed by atoms with E-state index in [1.54, 1.807) is 42.5 Å². The molecule has 194 valence electrons. The van der Waals surface area contributed by atoms with Gasteiger partial charge in [0.05, 0.1) is 27.6 Å². The minimum Gasteiger partial charge on any atom is -0.493 e. The van der Waals surface area contributed by atoms with E-state index in [1.807, 2.05) is 36.9 Å². The predicted molar refractivity (Wildman–Crippen MR) is 144 cm³/mol. The van der Waals surface area contributed by atoms with Gasteiger partial charge in [0.25, 0.3) is 5.91 Å². The summed E-state index contributed by atoms with van der Waals surface area (Å²) in [5.41, 5.74) is 2.80. The molecule has 1 aliphatic rings. The molecule has 3 aromatic heterocycles. The van der Waals surface area contributed by atoms with E-state index < -0.39 is 9.84 Å². The first-order chi connectivity index (χ1) is 18.3. The topological polar surface area (TPSA) is 106 Å². The van der Waals surface area contributed by atoms with Gasteiger partial charge in [0, 0.05) is 44.8 Å². The summed E-state index contributed by atoms with van der Waals surface area (Å²) in [6.07, 6.45) is 6.89. The van der Waals surface area contributed by atoms with Crippen LogP contribution in [0.1, 0.15) is 28.4 Å². The quantitative estimate of drug-likeness (QED) is 0.347. The highest BCUT2D eigenvalue weighted by Gasteiger charge is 2.30. The van der Waals surface area contributed by atoms with Gasteiger partial charge in [-0.05, 0) is 73.5 Å². The van der Waals surface area contributed by atoms with Crippen molar-refractivity contribution in [2.75, 3.05) is 30.0 Å². The number of fused-ring (bicyclic) bond motifs is 2. The van der Waals surface area contributed by atoms with Gasteiger partial charge in [0.15, 0.2) is 5.82 Å². The number of aryl methyl sites for hydroxylation is 1. The Labute approximate surface area is 221 Å². The number of benzene rings is 1. The summed E-state index contributed by atoms with van der Waals surface area (Å²) in [7, 11) is -1.90. The van der Waals surface area contributed by atoms with Gasteiger partial charge in [0.1, 0.15) is 11.6 Å². The van der Waals surface area contributed by atoms with Crippen LogP contribution in [0.2, 0.25) is 0 Å². The fourth-order valence-electron chi connectivity index (χ4n) is 4.44. The van der Waals surface area contributed by atoms with Gasteiger partial charge in [-0.1, -0.05) is 0 Å². The molecule has 10 heteroatoms. The van der Waals surface area contributed by atoms with Crippen molar-refractivity contribution in [2.24, 2.45) is 0 Å². The highest BCUT2D eigenvalue weighted by molar-refractivity contribution is 7.91. The Kier molecular flexibility index (Phi) is 6.81. The highest BCUT2D eigenvalue weighted by Crippen LogP contribution is 2.37. The number of rotatable bonds is 7. The average Bonchev–Trinajstić information content (AvgIpc) is 3.02. The van der Waals surface area contributed by atoms with Crippen molar-refractivity contribution >= 4 is 33.1 Å². The number of nitrogens with zero attached hydrogens (tertiary/aromatic N) is 5. The maximum atomic E-state index is 13.3. The third-order valence-corrected chi connectivity index (χ3v) is 8.25. The minimum atomic E-state index is -3.64. The third-order valence-electron chi connectivity index (χ3n) is 6.48. The van der Waals surface area contributed by atoms with Crippen LogP contribution < -0.4 is 14.5 Å². The number of pyridine rings is 3. The Morgan fingerprint density at radius 3 is 2.47 bits per heavy atom. The number of anilines is 3. The molecule has 1 aliphatic heterocycles. The van der Waals surface area contributed by atoms with Gasteiger partial charge < -0.3 is 14.5 Å². The fourth-order valence-corrected chi connectivity index (χ4v) is 5.77. The van der Waals surface area contributed by atoms with Crippen LogP contribution in [0.4, 0.5) is 17.3 Å². The molecule has 5 rings (SSSR count). The number of carbonyl (C=O) groups is 1. The molecule has 0 N–H and O–H groups in total. The molecule has 0 atom stereocenters. The van der Waals surface area contributed by atoms with E-state index in [4.69, 9.17) is 4.74 Å². The number of hydrogen-bond donors (Lipinski definition) is 0. The number of ether oxygens (including phenoxy) is 1. The molecule has 0 fully saturated rings. The summed E-state index contributed by atoms with van der Waals surface area (Å²) in [6.45, 7) is 4.75. The number of carbonyl (C=O) groups excluding carboxylic acids is 1. The molecule has 1 aromatic carbocycles.